The number of rotatable bonds is 4. The van der Waals surface area contributed by atoms with Crippen LogP contribution in [0.2, 0.25) is 0 Å². The molecule has 0 aliphatic heterocycles. The van der Waals surface area contributed by atoms with Crippen molar-refractivity contribution in [1.82, 2.24) is 14.5 Å². The lowest BCUT2D eigenvalue weighted by Crippen LogP contribution is -2.12. The number of hydrogen-bond acceptors (Lipinski definition) is 3. The molecule has 0 unspecified atom stereocenters. The summed E-state index contributed by atoms with van der Waals surface area (Å²) < 4.78 is 1.80. The first-order valence-corrected chi connectivity index (χ1v) is 6.13. The third-order valence-electron chi connectivity index (χ3n) is 2.64. The number of pyridine rings is 1. The van der Waals surface area contributed by atoms with Gasteiger partial charge in [-0.3, -0.25) is 9.36 Å². The lowest BCUT2D eigenvalue weighted by Gasteiger charge is -2.06. The highest BCUT2D eigenvalue weighted by atomic mass is 16.1. The predicted octanol–water partition coefficient (Wildman–Crippen LogP) is 2.56. The Balaban J connectivity index is 2.07. The number of hydrogen-bond donors (Lipinski definition) is 1. The van der Waals surface area contributed by atoms with E-state index in [2.05, 4.69) is 15.3 Å². The molecule has 0 aromatic carbocycles. The van der Waals surface area contributed by atoms with Gasteiger partial charge in [-0.25, -0.2) is 9.97 Å². The first kappa shape index (κ1) is 13.0. The van der Waals surface area contributed by atoms with Gasteiger partial charge in [-0.05, 0) is 25.5 Å². The molecule has 2 heterocycles. The van der Waals surface area contributed by atoms with Gasteiger partial charge in [0.2, 0.25) is 0 Å². The van der Waals surface area contributed by atoms with Gasteiger partial charge in [0.05, 0.1) is 11.9 Å². The van der Waals surface area contributed by atoms with E-state index in [0.29, 0.717) is 11.3 Å². The standard InChI is InChI=1S/C14H16N4O/c1-3-4-11(2)14(19)17-12-5-6-13(16-9-12)18-8-7-15-10-18/h4-10H,3H2,1-2H3,(H,17,19). The molecular formula is C14H16N4O. The van der Waals surface area contributed by atoms with E-state index < -0.39 is 0 Å². The van der Waals surface area contributed by atoms with Crippen molar-refractivity contribution in [1.29, 1.82) is 0 Å². The fourth-order valence-corrected chi connectivity index (χ4v) is 1.64. The van der Waals surface area contributed by atoms with E-state index in [4.69, 9.17) is 0 Å². The Bertz CT molecular complexity index is 570. The van der Waals surface area contributed by atoms with E-state index in [-0.39, 0.29) is 5.91 Å². The molecule has 0 saturated heterocycles. The molecule has 0 aliphatic rings. The predicted molar refractivity (Wildman–Crippen MR) is 74.0 cm³/mol. The molecule has 2 aromatic rings. The zero-order valence-corrected chi connectivity index (χ0v) is 11.0. The van der Waals surface area contributed by atoms with Gasteiger partial charge in [-0.15, -0.1) is 0 Å². The van der Waals surface area contributed by atoms with Crippen LogP contribution in [0.3, 0.4) is 0 Å². The number of carbonyl (C=O) groups is 1. The van der Waals surface area contributed by atoms with Crippen molar-refractivity contribution in [3.8, 4) is 5.82 Å². The first-order chi connectivity index (χ1) is 9.20. The second-order valence-electron chi connectivity index (χ2n) is 4.12. The molecule has 19 heavy (non-hydrogen) atoms. The van der Waals surface area contributed by atoms with E-state index in [1.807, 2.05) is 31.3 Å². The van der Waals surface area contributed by atoms with Crippen molar-refractivity contribution in [3.63, 3.8) is 0 Å². The third-order valence-corrected chi connectivity index (χ3v) is 2.64. The van der Waals surface area contributed by atoms with Gasteiger partial charge >= 0.3 is 0 Å². The molecule has 1 N–H and O–H groups in total. The fourth-order valence-electron chi connectivity index (χ4n) is 1.64. The summed E-state index contributed by atoms with van der Waals surface area (Å²) in [7, 11) is 0. The SMILES string of the molecule is CCC=C(C)C(=O)Nc1ccc(-n2ccnc2)nc1. The quantitative estimate of drug-likeness (QED) is 0.855. The second-order valence-corrected chi connectivity index (χ2v) is 4.12. The van der Waals surface area contributed by atoms with Crippen molar-refractivity contribution in [3.05, 3.63) is 48.7 Å². The van der Waals surface area contributed by atoms with Crippen LogP contribution in [0, 0.1) is 0 Å². The van der Waals surface area contributed by atoms with Crippen LogP contribution in [-0.4, -0.2) is 20.4 Å². The topological polar surface area (TPSA) is 59.8 Å². The number of amides is 1. The summed E-state index contributed by atoms with van der Waals surface area (Å²) in [6, 6.07) is 3.65. The fraction of sp³-hybridized carbons (Fsp3) is 0.214. The average Bonchev–Trinajstić information content (AvgIpc) is 2.94. The van der Waals surface area contributed by atoms with Crippen LogP contribution in [0.25, 0.3) is 5.82 Å². The first-order valence-electron chi connectivity index (χ1n) is 6.13. The van der Waals surface area contributed by atoms with Gasteiger partial charge in [0.1, 0.15) is 12.1 Å². The highest BCUT2D eigenvalue weighted by Crippen LogP contribution is 2.10. The summed E-state index contributed by atoms with van der Waals surface area (Å²) in [5.41, 5.74) is 1.39. The van der Waals surface area contributed by atoms with Crippen LogP contribution < -0.4 is 5.32 Å². The van der Waals surface area contributed by atoms with Crippen molar-refractivity contribution in [2.45, 2.75) is 20.3 Å². The second kappa shape index (κ2) is 5.95. The maximum atomic E-state index is 11.8. The number of anilines is 1. The Morgan fingerprint density at radius 2 is 2.32 bits per heavy atom. The van der Waals surface area contributed by atoms with E-state index in [1.165, 1.54) is 0 Å². The lowest BCUT2D eigenvalue weighted by atomic mass is 10.2. The van der Waals surface area contributed by atoms with Crippen LogP contribution in [0.5, 0.6) is 0 Å². The minimum absolute atomic E-state index is 0.0981. The highest BCUT2D eigenvalue weighted by Gasteiger charge is 2.04. The molecule has 0 spiro atoms. The molecule has 98 valence electrons. The summed E-state index contributed by atoms with van der Waals surface area (Å²) in [6.07, 6.45) is 9.55. The zero-order valence-electron chi connectivity index (χ0n) is 11.0. The third kappa shape index (κ3) is 3.28. The van der Waals surface area contributed by atoms with Gasteiger partial charge in [-0.1, -0.05) is 13.0 Å². The smallest absolute Gasteiger partial charge is 0.251 e. The van der Waals surface area contributed by atoms with Gasteiger partial charge < -0.3 is 5.32 Å². The van der Waals surface area contributed by atoms with E-state index >= 15 is 0 Å². The van der Waals surface area contributed by atoms with E-state index in [9.17, 15) is 4.79 Å². The molecule has 5 nitrogen and oxygen atoms in total. The Morgan fingerprint density at radius 1 is 1.47 bits per heavy atom. The Kier molecular flexibility index (Phi) is 4.07. The summed E-state index contributed by atoms with van der Waals surface area (Å²) >= 11 is 0. The molecule has 0 atom stereocenters. The monoisotopic (exact) mass is 256 g/mol. The molecule has 0 radical (unpaired) electrons. The van der Waals surface area contributed by atoms with Crippen LogP contribution in [0.1, 0.15) is 20.3 Å². The van der Waals surface area contributed by atoms with Crippen LogP contribution in [-0.2, 0) is 4.79 Å². The van der Waals surface area contributed by atoms with E-state index in [1.54, 1.807) is 30.2 Å². The Labute approximate surface area is 112 Å². The maximum Gasteiger partial charge on any atom is 0.251 e. The number of allylic oxidation sites excluding steroid dienone is 1. The maximum absolute atomic E-state index is 11.8. The lowest BCUT2D eigenvalue weighted by molar-refractivity contribution is -0.112. The van der Waals surface area contributed by atoms with Gasteiger partial charge in [0, 0.05) is 18.0 Å². The number of nitrogens with one attached hydrogen (secondary N) is 1. The summed E-state index contributed by atoms with van der Waals surface area (Å²) in [6.45, 7) is 3.80. The normalized spacial score (nSPS) is 11.4. The van der Waals surface area contributed by atoms with Gasteiger partial charge in [-0.2, -0.15) is 0 Å². The largest absolute Gasteiger partial charge is 0.321 e. The number of nitrogens with zero attached hydrogens (tertiary/aromatic N) is 3. The van der Waals surface area contributed by atoms with Gasteiger partial charge in [0.25, 0.3) is 5.91 Å². The van der Waals surface area contributed by atoms with Crippen molar-refractivity contribution >= 4 is 11.6 Å². The Hall–Kier alpha value is -2.43. The molecule has 2 aromatic heterocycles. The molecule has 0 saturated carbocycles. The minimum atomic E-state index is -0.0981. The molecule has 1 amide bonds. The van der Waals surface area contributed by atoms with Crippen molar-refractivity contribution in [2.24, 2.45) is 0 Å². The molecule has 0 fully saturated rings. The average molecular weight is 256 g/mol. The molecule has 5 heteroatoms. The van der Waals surface area contributed by atoms with Crippen molar-refractivity contribution < 1.29 is 4.79 Å². The summed E-state index contributed by atoms with van der Waals surface area (Å²) in [5, 5.41) is 2.80. The van der Waals surface area contributed by atoms with Crippen LogP contribution in [0.15, 0.2) is 48.7 Å². The minimum Gasteiger partial charge on any atom is -0.321 e. The zero-order chi connectivity index (χ0) is 13.7. The summed E-state index contributed by atoms with van der Waals surface area (Å²) in [4.78, 5) is 20.0. The number of carbonyl (C=O) groups excluding carboxylic acids is 1. The van der Waals surface area contributed by atoms with Gasteiger partial charge in [0.15, 0.2) is 0 Å². The van der Waals surface area contributed by atoms with E-state index in [0.717, 1.165) is 12.2 Å². The summed E-state index contributed by atoms with van der Waals surface area (Å²) in [5.74, 6) is 0.662. The Morgan fingerprint density at radius 3 is 2.89 bits per heavy atom. The highest BCUT2D eigenvalue weighted by molar-refractivity contribution is 6.03. The van der Waals surface area contributed by atoms with Crippen molar-refractivity contribution in [2.75, 3.05) is 5.32 Å². The number of imidazole rings is 1. The molecule has 0 aliphatic carbocycles. The number of aromatic nitrogens is 3. The van der Waals surface area contributed by atoms with Crippen LogP contribution in [0.4, 0.5) is 5.69 Å². The van der Waals surface area contributed by atoms with Crippen LogP contribution >= 0.6 is 0 Å². The molecular weight excluding hydrogens is 240 g/mol. The molecule has 0 bridgehead atoms. The molecule has 2 rings (SSSR count).